The Labute approximate surface area is 95.8 Å². The van der Waals surface area contributed by atoms with Gasteiger partial charge in [0, 0.05) is 17.8 Å². The Hall–Kier alpha value is -1.71. The van der Waals surface area contributed by atoms with Gasteiger partial charge < -0.3 is 15.8 Å². The molecule has 4 nitrogen and oxygen atoms in total. The van der Waals surface area contributed by atoms with Crippen molar-refractivity contribution in [3.8, 4) is 5.75 Å². The summed E-state index contributed by atoms with van der Waals surface area (Å²) in [6.45, 7) is 4.22. The zero-order chi connectivity index (χ0) is 12.0. The van der Waals surface area contributed by atoms with Crippen LogP contribution in [-0.2, 0) is 4.79 Å². The number of benzene rings is 1. The van der Waals surface area contributed by atoms with Crippen LogP contribution in [0.1, 0.15) is 20.3 Å². The molecule has 0 fully saturated rings. The molecule has 88 valence electrons. The quantitative estimate of drug-likeness (QED) is 0.743. The summed E-state index contributed by atoms with van der Waals surface area (Å²) >= 11 is 0. The Morgan fingerprint density at radius 2 is 2.25 bits per heavy atom. The third-order valence-electron chi connectivity index (χ3n) is 1.91. The molecule has 1 aromatic carbocycles. The first kappa shape index (κ1) is 12.4. The average Bonchev–Trinajstić information content (AvgIpc) is 2.16. The van der Waals surface area contributed by atoms with Gasteiger partial charge in [0.25, 0.3) is 0 Å². The van der Waals surface area contributed by atoms with Crippen LogP contribution in [-0.4, -0.2) is 18.6 Å². The van der Waals surface area contributed by atoms with E-state index >= 15 is 0 Å². The highest BCUT2D eigenvalue weighted by molar-refractivity contribution is 5.76. The van der Waals surface area contributed by atoms with Gasteiger partial charge >= 0.3 is 0 Å². The van der Waals surface area contributed by atoms with E-state index in [1.807, 2.05) is 26.0 Å². The highest BCUT2D eigenvalue weighted by Crippen LogP contribution is 2.14. The molecule has 3 N–H and O–H groups in total. The average molecular weight is 222 g/mol. The van der Waals surface area contributed by atoms with E-state index in [2.05, 4.69) is 5.32 Å². The zero-order valence-corrected chi connectivity index (χ0v) is 9.69. The summed E-state index contributed by atoms with van der Waals surface area (Å²) in [5, 5.41) is 2.80. The van der Waals surface area contributed by atoms with Crippen molar-refractivity contribution < 1.29 is 9.53 Å². The largest absolute Gasteiger partial charge is 0.493 e. The number of amides is 1. The predicted molar refractivity (Wildman–Crippen MR) is 64.2 cm³/mol. The minimum atomic E-state index is -0.00102. The van der Waals surface area contributed by atoms with E-state index in [1.165, 1.54) is 0 Å². The van der Waals surface area contributed by atoms with Crippen molar-refractivity contribution in [2.24, 2.45) is 0 Å². The third kappa shape index (κ3) is 4.68. The van der Waals surface area contributed by atoms with Crippen LogP contribution in [0.4, 0.5) is 5.69 Å². The second-order valence-corrected chi connectivity index (χ2v) is 3.89. The molecule has 1 rings (SSSR count). The Bertz CT molecular complexity index is 351. The highest BCUT2D eigenvalue weighted by Gasteiger charge is 2.03. The fraction of sp³-hybridized carbons (Fsp3) is 0.417. The van der Waals surface area contributed by atoms with E-state index in [4.69, 9.17) is 10.5 Å². The number of nitrogens with one attached hydrogen (secondary N) is 1. The molecular formula is C12H18N2O2. The number of hydrogen-bond acceptors (Lipinski definition) is 3. The maximum Gasteiger partial charge on any atom is 0.223 e. The Balaban J connectivity index is 2.28. The number of hydrogen-bond donors (Lipinski definition) is 2. The van der Waals surface area contributed by atoms with Crippen molar-refractivity contribution in [2.45, 2.75) is 26.3 Å². The summed E-state index contributed by atoms with van der Waals surface area (Å²) in [5.74, 6) is 0.691. The topological polar surface area (TPSA) is 64.3 Å². The maximum atomic E-state index is 11.3. The van der Waals surface area contributed by atoms with Gasteiger partial charge in [0.1, 0.15) is 5.75 Å². The van der Waals surface area contributed by atoms with Crippen molar-refractivity contribution in [2.75, 3.05) is 12.3 Å². The summed E-state index contributed by atoms with van der Waals surface area (Å²) in [5.41, 5.74) is 6.25. The van der Waals surface area contributed by atoms with Crippen LogP contribution in [0.2, 0.25) is 0 Å². The van der Waals surface area contributed by atoms with Crippen LogP contribution in [0, 0.1) is 0 Å². The first-order chi connectivity index (χ1) is 7.58. The van der Waals surface area contributed by atoms with Crippen LogP contribution in [0.25, 0.3) is 0 Å². The monoisotopic (exact) mass is 222 g/mol. The molecule has 0 aliphatic heterocycles. The fourth-order valence-electron chi connectivity index (χ4n) is 1.26. The van der Waals surface area contributed by atoms with Crippen LogP contribution >= 0.6 is 0 Å². The van der Waals surface area contributed by atoms with Gasteiger partial charge in [-0.05, 0) is 26.0 Å². The Morgan fingerprint density at radius 1 is 1.50 bits per heavy atom. The van der Waals surface area contributed by atoms with E-state index in [1.54, 1.807) is 12.1 Å². The summed E-state index contributed by atoms with van der Waals surface area (Å²) in [4.78, 5) is 11.3. The van der Waals surface area contributed by atoms with E-state index in [0.717, 1.165) is 0 Å². The molecule has 0 heterocycles. The molecule has 0 radical (unpaired) electrons. The Kier molecular flexibility index (Phi) is 4.64. The number of carbonyl (C=O) groups excluding carboxylic acids is 1. The van der Waals surface area contributed by atoms with Crippen molar-refractivity contribution in [1.29, 1.82) is 0 Å². The van der Waals surface area contributed by atoms with Crippen LogP contribution in [0.5, 0.6) is 5.75 Å². The first-order valence-corrected chi connectivity index (χ1v) is 5.35. The lowest BCUT2D eigenvalue weighted by molar-refractivity contribution is -0.122. The van der Waals surface area contributed by atoms with E-state index in [-0.39, 0.29) is 11.9 Å². The molecular weight excluding hydrogens is 204 g/mol. The van der Waals surface area contributed by atoms with Gasteiger partial charge in [0.2, 0.25) is 5.91 Å². The minimum Gasteiger partial charge on any atom is -0.493 e. The predicted octanol–water partition coefficient (Wildman–Crippen LogP) is 1.56. The fourth-order valence-corrected chi connectivity index (χ4v) is 1.26. The lowest BCUT2D eigenvalue weighted by atomic mass is 10.3. The van der Waals surface area contributed by atoms with Crippen LogP contribution in [0.3, 0.4) is 0 Å². The van der Waals surface area contributed by atoms with E-state index in [9.17, 15) is 4.79 Å². The molecule has 0 saturated heterocycles. The van der Waals surface area contributed by atoms with Crippen LogP contribution < -0.4 is 15.8 Å². The van der Waals surface area contributed by atoms with Crippen molar-refractivity contribution in [3.05, 3.63) is 24.3 Å². The van der Waals surface area contributed by atoms with Crippen molar-refractivity contribution >= 4 is 11.6 Å². The molecule has 16 heavy (non-hydrogen) atoms. The number of carbonyl (C=O) groups is 1. The number of rotatable bonds is 5. The molecule has 4 heteroatoms. The molecule has 1 amide bonds. The van der Waals surface area contributed by atoms with Gasteiger partial charge in [-0.2, -0.15) is 0 Å². The van der Waals surface area contributed by atoms with Crippen LogP contribution in [0.15, 0.2) is 24.3 Å². The summed E-state index contributed by atoms with van der Waals surface area (Å²) in [6, 6.07) is 7.33. The zero-order valence-electron chi connectivity index (χ0n) is 9.69. The van der Waals surface area contributed by atoms with Crippen molar-refractivity contribution in [1.82, 2.24) is 5.32 Å². The SMILES string of the molecule is CC(C)NC(=O)CCOc1cccc(N)c1. The van der Waals surface area contributed by atoms with E-state index in [0.29, 0.717) is 24.5 Å². The van der Waals surface area contributed by atoms with Gasteiger partial charge in [-0.25, -0.2) is 0 Å². The molecule has 1 aromatic rings. The first-order valence-electron chi connectivity index (χ1n) is 5.35. The van der Waals surface area contributed by atoms with Gasteiger partial charge in [-0.1, -0.05) is 6.07 Å². The summed E-state index contributed by atoms with van der Waals surface area (Å²) < 4.78 is 5.40. The lowest BCUT2D eigenvalue weighted by Crippen LogP contribution is -2.31. The van der Waals surface area contributed by atoms with Gasteiger partial charge in [-0.15, -0.1) is 0 Å². The number of nitrogens with two attached hydrogens (primary N) is 1. The number of ether oxygens (including phenoxy) is 1. The molecule has 0 aliphatic rings. The lowest BCUT2D eigenvalue weighted by Gasteiger charge is -2.09. The van der Waals surface area contributed by atoms with Gasteiger partial charge in [0.05, 0.1) is 13.0 Å². The van der Waals surface area contributed by atoms with Crippen molar-refractivity contribution in [3.63, 3.8) is 0 Å². The molecule has 0 bridgehead atoms. The summed E-state index contributed by atoms with van der Waals surface area (Å²) in [6.07, 6.45) is 0.354. The summed E-state index contributed by atoms with van der Waals surface area (Å²) in [7, 11) is 0. The number of anilines is 1. The second-order valence-electron chi connectivity index (χ2n) is 3.89. The smallest absolute Gasteiger partial charge is 0.223 e. The minimum absolute atomic E-state index is 0.00102. The normalized spacial score (nSPS) is 10.2. The Morgan fingerprint density at radius 3 is 2.88 bits per heavy atom. The standard InChI is InChI=1S/C12H18N2O2/c1-9(2)14-12(15)6-7-16-11-5-3-4-10(13)8-11/h3-5,8-9H,6-7,13H2,1-2H3,(H,14,15). The molecule has 0 atom stereocenters. The maximum absolute atomic E-state index is 11.3. The van der Waals surface area contributed by atoms with Gasteiger partial charge in [-0.3, -0.25) is 4.79 Å². The van der Waals surface area contributed by atoms with Gasteiger partial charge in [0.15, 0.2) is 0 Å². The highest BCUT2D eigenvalue weighted by atomic mass is 16.5. The molecule has 0 spiro atoms. The van der Waals surface area contributed by atoms with E-state index < -0.39 is 0 Å². The molecule has 0 saturated carbocycles. The number of nitrogen functional groups attached to an aromatic ring is 1. The second kappa shape index (κ2) is 6.00. The molecule has 0 aromatic heterocycles. The third-order valence-corrected chi connectivity index (χ3v) is 1.91. The molecule has 0 unspecified atom stereocenters. The molecule has 0 aliphatic carbocycles.